The summed E-state index contributed by atoms with van der Waals surface area (Å²) in [6.45, 7) is 3.18. The second-order valence-electron chi connectivity index (χ2n) is 19.3. The van der Waals surface area contributed by atoms with Gasteiger partial charge in [0.05, 0.1) is 11.1 Å². The van der Waals surface area contributed by atoms with Gasteiger partial charge in [0, 0.05) is 72.0 Å². The number of unbranched alkanes of at least 4 members (excludes halogenated alkanes) is 3. The van der Waals surface area contributed by atoms with Gasteiger partial charge < -0.3 is 49.8 Å². The molecule has 6 aromatic rings. The zero-order chi connectivity index (χ0) is 56.6. The normalized spacial score (nSPS) is 10.7. The summed E-state index contributed by atoms with van der Waals surface area (Å²) in [5, 5.41) is 17.8. The molecule has 0 radical (unpaired) electrons. The van der Waals surface area contributed by atoms with Gasteiger partial charge >= 0.3 is 5.97 Å². The average Bonchev–Trinajstić information content (AvgIpc) is 3.51. The van der Waals surface area contributed by atoms with E-state index in [1.54, 1.807) is 53.2 Å². The van der Waals surface area contributed by atoms with E-state index in [0.29, 0.717) is 99.0 Å². The Labute approximate surface area is 469 Å². The molecule has 422 valence electrons. The molecule has 0 aliphatic heterocycles. The molecule has 80 heavy (non-hydrogen) atoms. The van der Waals surface area contributed by atoms with E-state index in [-0.39, 0.29) is 88.2 Å². The summed E-state index contributed by atoms with van der Waals surface area (Å²) in [4.78, 5) is 80.9. The van der Waals surface area contributed by atoms with Gasteiger partial charge in [0.1, 0.15) is 26.4 Å². The lowest BCUT2D eigenvalue weighted by Crippen LogP contribution is -2.36. The Bertz CT molecular complexity index is 2860. The maximum absolute atomic E-state index is 13.9. The number of benzene rings is 6. The first-order chi connectivity index (χ1) is 39.0. The van der Waals surface area contributed by atoms with Crippen LogP contribution >= 0.6 is 0 Å². The van der Waals surface area contributed by atoms with Crippen molar-refractivity contribution in [2.75, 3.05) is 46.3 Å². The van der Waals surface area contributed by atoms with Crippen LogP contribution in [0.2, 0.25) is 0 Å². The van der Waals surface area contributed by atoms with Crippen LogP contribution in [0.3, 0.4) is 0 Å². The first-order valence-corrected chi connectivity index (χ1v) is 27.5. The zero-order valence-electron chi connectivity index (χ0n) is 45.8. The first-order valence-electron chi connectivity index (χ1n) is 27.5. The number of nitrogens with one attached hydrogen (secondary N) is 3. The number of nitrogens with zero attached hydrogens (tertiary/aromatic N) is 2. The highest BCUT2D eigenvalue weighted by Gasteiger charge is 2.21. The maximum Gasteiger partial charge on any atom is 0.303 e. The van der Waals surface area contributed by atoms with E-state index in [9.17, 15) is 28.8 Å². The van der Waals surface area contributed by atoms with Crippen LogP contribution in [0.15, 0.2) is 158 Å². The Morgan fingerprint density at radius 2 is 0.825 bits per heavy atom. The molecular formula is C64H75N5O11. The van der Waals surface area contributed by atoms with Gasteiger partial charge in [-0.15, -0.1) is 0 Å². The quantitative estimate of drug-likeness (QED) is 0.0273. The van der Waals surface area contributed by atoms with Gasteiger partial charge in [0.25, 0.3) is 11.8 Å². The summed E-state index contributed by atoms with van der Waals surface area (Å²) in [5.74, 6) is -0.650. The molecule has 0 spiro atoms. The molecule has 0 fully saturated rings. The Kier molecular flexibility index (Phi) is 25.9. The van der Waals surface area contributed by atoms with E-state index in [0.717, 1.165) is 35.1 Å². The van der Waals surface area contributed by atoms with Gasteiger partial charge in [-0.3, -0.25) is 28.8 Å². The number of ether oxygens (including phenoxy) is 4. The van der Waals surface area contributed by atoms with Crippen molar-refractivity contribution >= 4 is 35.5 Å². The molecule has 16 nitrogen and oxygen atoms in total. The predicted octanol–water partition coefficient (Wildman–Crippen LogP) is 9.94. The standard InChI is InChI=1S/C64H75N5O11/c1-68(58(71)35-21-36-60(73)74)42-17-6-15-39-65-57(70)37-38-59(72)69(44-22-41-67-64(76)54-32-20-34-56(78-46-50-25-9-3-10-26-50)62(54)80-48-52-29-13-5-14-30-52)43-18-16-40-66-63(75)53-31-19-33-55(77-45-49-23-7-2-8-24-49)61(53)79-47-51-27-11-4-12-28-51/h2-5,7-14,19-20,23-34H,6,15-18,21-22,35-48H2,1H3,(H,65,70)(H,66,75)(H,67,76)(H,73,74). The van der Waals surface area contributed by atoms with Crippen LogP contribution in [-0.2, 0) is 45.6 Å². The van der Waals surface area contributed by atoms with Crippen LogP contribution in [0.1, 0.15) is 114 Å². The van der Waals surface area contributed by atoms with Crippen LogP contribution in [0.5, 0.6) is 23.0 Å². The van der Waals surface area contributed by atoms with Gasteiger partial charge in [0.2, 0.25) is 17.7 Å². The number of carbonyl (C=O) groups excluding carboxylic acids is 5. The summed E-state index contributed by atoms with van der Waals surface area (Å²) < 4.78 is 25.0. The Morgan fingerprint density at radius 1 is 0.400 bits per heavy atom. The number of rotatable bonds is 36. The van der Waals surface area contributed by atoms with Crippen molar-refractivity contribution in [2.45, 2.75) is 97.1 Å². The molecule has 0 saturated carbocycles. The lowest BCUT2D eigenvalue weighted by Gasteiger charge is -2.23. The average molecular weight is 1090 g/mol. The van der Waals surface area contributed by atoms with Crippen LogP contribution in [0.4, 0.5) is 0 Å². The lowest BCUT2D eigenvalue weighted by atomic mass is 10.1. The number of hydrogen-bond acceptors (Lipinski definition) is 10. The summed E-state index contributed by atoms with van der Waals surface area (Å²) in [6.07, 6.45) is 4.12. The van der Waals surface area contributed by atoms with Gasteiger partial charge in [-0.2, -0.15) is 0 Å². The van der Waals surface area contributed by atoms with Crippen molar-refractivity contribution in [3.8, 4) is 23.0 Å². The smallest absolute Gasteiger partial charge is 0.303 e. The van der Waals surface area contributed by atoms with Gasteiger partial charge in [0.15, 0.2) is 23.0 Å². The van der Waals surface area contributed by atoms with E-state index in [1.165, 1.54) is 0 Å². The predicted molar refractivity (Wildman–Crippen MR) is 306 cm³/mol. The van der Waals surface area contributed by atoms with Crippen LogP contribution in [0, 0.1) is 0 Å². The van der Waals surface area contributed by atoms with Crippen molar-refractivity contribution in [1.82, 2.24) is 25.8 Å². The van der Waals surface area contributed by atoms with Crippen molar-refractivity contribution in [3.63, 3.8) is 0 Å². The monoisotopic (exact) mass is 1090 g/mol. The van der Waals surface area contributed by atoms with E-state index in [2.05, 4.69) is 16.0 Å². The summed E-state index contributed by atoms with van der Waals surface area (Å²) >= 11 is 0. The maximum atomic E-state index is 13.9. The molecule has 0 aliphatic carbocycles. The highest BCUT2D eigenvalue weighted by Crippen LogP contribution is 2.34. The topological polar surface area (TPSA) is 202 Å². The third-order valence-electron chi connectivity index (χ3n) is 13.0. The first kappa shape index (κ1) is 60.6. The van der Waals surface area contributed by atoms with Crippen LogP contribution in [0.25, 0.3) is 0 Å². The minimum Gasteiger partial charge on any atom is -0.485 e. The van der Waals surface area contributed by atoms with Crippen molar-refractivity contribution in [1.29, 1.82) is 0 Å². The SMILES string of the molecule is CN(CCCCCNC(=O)CCC(=O)N(CCCCNC(=O)c1cccc(OCc2ccccc2)c1OCc1ccccc1)CCCNC(=O)c1cccc(OCc2ccccc2)c1OCc1ccccc1)C(=O)CCCC(=O)O. The molecule has 0 bridgehead atoms. The number of amides is 5. The molecule has 0 unspecified atom stereocenters. The molecule has 0 aliphatic rings. The third-order valence-corrected chi connectivity index (χ3v) is 13.0. The van der Waals surface area contributed by atoms with Crippen molar-refractivity contribution in [2.24, 2.45) is 0 Å². The molecule has 0 saturated heterocycles. The molecule has 6 rings (SSSR count). The van der Waals surface area contributed by atoms with Crippen molar-refractivity contribution in [3.05, 3.63) is 191 Å². The second-order valence-corrected chi connectivity index (χ2v) is 19.3. The van der Waals surface area contributed by atoms with Crippen molar-refractivity contribution < 1.29 is 52.8 Å². The summed E-state index contributed by atoms with van der Waals surface area (Å²) in [7, 11) is 1.70. The van der Waals surface area contributed by atoms with Gasteiger partial charge in [-0.25, -0.2) is 0 Å². The van der Waals surface area contributed by atoms with E-state index >= 15 is 0 Å². The minimum absolute atomic E-state index is 0.00699. The number of carbonyl (C=O) groups is 6. The third kappa shape index (κ3) is 21.6. The van der Waals surface area contributed by atoms with Gasteiger partial charge in [-0.05, 0) is 91.5 Å². The zero-order valence-corrected chi connectivity index (χ0v) is 45.8. The number of aliphatic carboxylic acids is 1. The Morgan fingerprint density at radius 3 is 1.31 bits per heavy atom. The van der Waals surface area contributed by atoms with E-state index in [4.69, 9.17) is 24.1 Å². The molecular weight excluding hydrogens is 1010 g/mol. The molecule has 0 aromatic heterocycles. The molecule has 6 aromatic carbocycles. The fourth-order valence-corrected chi connectivity index (χ4v) is 8.55. The molecule has 0 atom stereocenters. The minimum atomic E-state index is -0.924. The summed E-state index contributed by atoms with van der Waals surface area (Å²) in [6, 6.07) is 49.2. The second kappa shape index (κ2) is 34.3. The Hall–Kier alpha value is -8.66. The van der Waals surface area contributed by atoms with Gasteiger partial charge in [-0.1, -0.05) is 133 Å². The molecule has 4 N–H and O–H groups in total. The van der Waals surface area contributed by atoms with Crippen LogP contribution < -0.4 is 34.9 Å². The number of carboxylic acids is 1. The van der Waals surface area contributed by atoms with E-state index in [1.807, 2.05) is 121 Å². The fraction of sp³-hybridized carbons (Fsp3) is 0.344. The van der Waals surface area contributed by atoms with E-state index < -0.39 is 5.97 Å². The number of hydrogen-bond donors (Lipinski definition) is 4. The largest absolute Gasteiger partial charge is 0.485 e. The number of para-hydroxylation sites is 2. The highest BCUT2D eigenvalue weighted by atomic mass is 16.5. The highest BCUT2D eigenvalue weighted by molar-refractivity contribution is 5.98. The molecule has 16 heteroatoms. The molecule has 5 amide bonds. The summed E-state index contributed by atoms with van der Waals surface area (Å²) in [5.41, 5.74) is 4.42. The fourth-order valence-electron chi connectivity index (χ4n) is 8.55. The molecule has 0 heterocycles. The number of carboxylic acid groups (broad SMARTS) is 1. The van der Waals surface area contributed by atoms with Crippen LogP contribution in [-0.4, -0.2) is 96.7 Å². The Balaban J connectivity index is 1.03. The lowest BCUT2D eigenvalue weighted by molar-refractivity contribution is -0.137.